The van der Waals surface area contributed by atoms with Gasteiger partial charge in [0.15, 0.2) is 6.61 Å². The molecule has 5 atom stereocenters. The van der Waals surface area contributed by atoms with E-state index < -0.39 is 0 Å². The molecule has 0 radical (unpaired) electrons. The molecule has 176 valence electrons. The van der Waals surface area contributed by atoms with Crippen molar-refractivity contribution in [3.63, 3.8) is 0 Å². The fraction of sp³-hybridized carbons (Fsp3) is 0.360. The molecule has 1 aromatic heterocycles. The molecule has 1 aliphatic heterocycles. The lowest BCUT2D eigenvalue weighted by Gasteiger charge is -2.40. The summed E-state index contributed by atoms with van der Waals surface area (Å²) < 4.78 is 19.2. The van der Waals surface area contributed by atoms with Gasteiger partial charge in [-0.25, -0.2) is 4.39 Å². The number of aromatic amines is 1. The first-order valence-corrected chi connectivity index (χ1v) is 13.4. The van der Waals surface area contributed by atoms with Crippen LogP contribution >= 0.6 is 34.7 Å². The SMILES string of the molecule is O=C(COc1ccc(Cl)cc1[C@H]1c2sc(=O)[nH]c2SC2C3CCC(C3)C21)Nc1ccc(F)cc1. The smallest absolute Gasteiger partial charge is 0.305 e. The number of rotatable bonds is 5. The van der Waals surface area contributed by atoms with Gasteiger partial charge >= 0.3 is 4.87 Å². The van der Waals surface area contributed by atoms with Gasteiger partial charge in [-0.15, -0.1) is 11.8 Å². The zero-order chi connectivity index (χ0) is 23.4. The highest BCUT2D eigenvalue weighted by molar-refractivity contribution is 8.00. The number of halogens is 2. The molecule has 0 spiro atoms. The molecule has 2 saturated carbocycles. The van der Waals surface area contributed by atoms with Crippen LogP contribution in [0.5, 0.6) is 5.75 Å². The third-order valence-corrected chi connectivity index (χ3v) is 10.1. The van der Waals surface area contributed by atoms with Crippen LogP contribution in [0.25, 0.3) is 0 Å². The number of nitrogens with one attached hydrogen (secondary N) is 2. The zero-order valence-corrected chi connectivity index (χ0v) is 20.4. The predicted molar refractivity (Wildman–Crippen MR) is 133 cm³/mol. The lowest BCUT2D eigenvalue weighted by Crippen LogP contribution is -2.34. The Morgan fingerprint density at radius 3 is 2.79 bits per heavy atom. The van der Waals surface area contributed by atoms with E-state index in [0.29, 0.717) is 39.5 Å². The van der Waals surface area contributed by atoms with Gasteiger partial charge in [0, 0.05) is 32.3 Å². The maximum atomic E-state index is 13.1. The third-order valence-electron chi connectivity index (χ3n) is 7.26. The van der Waals surface area contributed by atoms with E-state index in [-0.39, 0.29) is 29.1 Å². The number of hydrogen-bond donors (Lipinski definition) is 2. The van der Waals surface area contributed by atoms with E-state index in [1.807, 2.05) is 23.9 Å². The fourth-order valence-electron chi connectivity index (χ4n) is 5.96. The maximum absolute atomic E-state index is 13.1. The molecule has 4 unspecified atom stereocenters. The molecule has 2 bridgehead atoms. The van der Waals surface area contributed by atoms with Crippen molar-refractivity contribution in [3.05, 3.63) is 73.4 Å². The average molecular weight is 517 g/mol. The van der Waals surface area contributed by atoms with Crippen LogP contribution in [0.4, 0.5) is 10.1 Å². The van der Waals surface area contributed by atoms with Crippen molar-refractivity contribution in [1.82, 2.24) is 4.98 Å². The van der Waals surface area contributed by atoms with Gasteiger partial charge in [-0.05, 0) is 79.5 Å². The summed E-state index contributed by atoms with van der Waals surface area (Å²) in [6.45, 7) is -0.191. The number of thioether (sulfide) groups is 1. The summed E-state index contributed by atoms with van der Waals surface area (Å²) in [4.78, 5) is 28.9. The molecule has 2 aromatic carbocycles. The highest BCUT2D eigenvalue weighted by Crippen LogP contribution is 2.64. The Morgan fingerprint density at radius 2 is 1.97 bits per heavy atom. The summed E-state index contributed by atoms with van der Waals surface area (Å²) in [5, 5.41) is 4.76. The van der Waals surface area contributed by atoms with Crippen molar-refractivity contribution in [2.75, 3.05) is 11.9 Å². The second kappa shape index (κ2) is 8.73. The van der Waals surface area contributed by atoms with Crippen LogP contribution in [0.15, 0.2) is 52.3 Å². The zero-order valence-electron chi connectivity index (χ0n) is 18.1. The summed E-state index contributed by atoms with van der Waals surface area (Å²) in [5.74, 6) is 1.61. The van der Waals surface area contributed by atoms with Crippen LogP contribution in [-0.4, -0.2) is 22.7 Å². The van der Waals surface area contributed by atoms with Crippen LogP contribution in [0.3, 0.4) is 0 Å². The number of benzene rings is 2. The van der Waals surface area contributed by atoms with Crippen molar-refractivity contribution in [1.29, 1.82) is 0 Å². The van der Waals surface area contributed by atoms with E-state index in [2.05, 4.69) is 10.3 Å². The Bertz CT molecular complexity index is 1310. The fourth-order valence-corrected chi connectivity index (χ4v) is 9.03. The minimum Gasteiger partial charge on any atom is -0.483 e. The molecule has 6 rings (SSSR count). The van der Waals surface area contributed by atoms with Gasteiger partial charge in [-0.3, -0.25) is 9.59 Å². The minimum atomic E-state index is -0.365. The first-order chi connectivity index (χ1) is 16.5. The molecule has 5 nitrogen and oxygen atoms in total. The number of thiazole rings is 1. The number of H-pyrrole nitrogens is 1. The quantitative estimate of drug-likeness (QED) is 0.443. The lowest BCUT2D eigenvalue weighted by atomic mass is 9.74. The van der Waals surface area contributed by atoms with Crippen LogP contribution in [0.2, 0.25) is 5.02 Å². The Labute approximate surface area is 209 Å². The van der Waals surface area contributed by atoms with Crippen LogP contribution in [0.1, 0.15) is 35.6 Å². The number of carbonyl (C=O) groups is 1. The number of ether oxygens (including phenoxy) is 1. The van der Waals surface area contributed by atoms with Gasteiger partial charge in [-0.2, -0.15) is 0 Å². The average Bonchev–Trinajstić information content (AvgIpc) is 3.52. The normalized spacial score (nSPS) is 26.7. The molecule has 0 saturated heterocycles. The number of hydrogen-bond acceptors (Lipinski definition) is 5. The number of anilines is 1. The highest BCUT2D eigenvalue weighted by atomic mass is 35.5. The van der Waals surface area contributed by atoms with Crippen LogP contribution in [0, 0.1) is 23.6 Å². The van der Waals surface area contributed by atoms with Gasteiger partial charge in [0.1, 0.15) is 11.6 Å². The molecule has 2 N–H and O–H groups in total. The summed E-state index contributed by atoms with van der Waals surface area (Å²) in [6, 6.07) is 11.1. The summed E-state index contributed by atoms with van der Waals surface area (Å²) in [7, 11) is 0. The first-order valence-electron chi connectivity index (χ1n) is 11.3. The molecular weight excluding hydrogens is 495 g/mol. The Morgan fingerprint density at radius 1 is 1.18 bits per heavy atom. The monoisotopic (exact) mass is 516 g/mol. The van der Waals surface area contributed by atoms with E-state index in [4.69, 9.17) is 16.3 Å². The van der Waals surface area contributed by atoms with Crippen molar-refractivity contribution in [2.24, 2.45) is 17.8 Å². The van der Waals surface area contributed by atoms with Gasteiger partial charge in [0.25, 0.3) is 5.91 Å². The van der Waals surface area contributed by atoms with Crippen LogP contribution in [-0.2, 0) is 4.79 Å². The lowest BCUT2D eigenvalue weighted by molar-refractivity contribution is -0.118. The molecular formula is C25H22ClFN2O3S2. The number of amides is 1. The topological polar surface area (TPSA) is 71.2 Å². The first kappa shape index (κ1) is 22.2. The molecule has 1 amide bonds. The van der Waals surface area contributed by atoms with E-state index in [0.717, 1.165) is 15.5 Å². The summed E-state index contributed by atoms with van der Waals surface area (Å²) in [6.07, 6.45) is 3.70. The molecule has 2 aliphatic carbocycles. The minimum absolute atomic E-state index is 0.00867. The molecule has 2 heterocycles. The van der Waals surface area contributed by atoms with E-state index in [1.165, 1.54) is 54.9 Å². The van der Waals surface area contributed by atoms with Gasteiger partial charge in [-0.1, -0.05) is 22.9 Å². The third kappa shape index (κ3) is 3.95. The van der Waals surface area contributed by atoms with Crippen molar-refractivity contribution >= 4 is 46.3 Å². The number of fused-ring (bicyclic) bond motifs is 6. The summed E-state index contributed by atoms with van der Waals surface area (Å²) in [5.41, 5.74) is 1.43. The summed E-state index contributed by atoms with van der Waals surface area (Å²) >= 11 is 9.54. The van der Waals surface area contributed by atoms with Crippen molar-refractivity contribution in [3.8, 4) is 5.75 Å². The van der Waals surface area contributed by atoms with E-state index in [9.17, 15) is 14.0 Å². The Hall–Kier alpha value is -2.29. The molecule has 3 aliphatic rings. The molecule has 9 heteroatoms. The molecule has 3 aromatic rings. The van der Waals surface area contributed by atoms with Gasteiger partial charge < -0.3 is 15.0 Å². The van der Waals surface area contributed by atoms with E-state index >= 15 is 0 Å². The van der Waals surface area contributed by atoms with Crippen LogP contribution < -0.4 is 14.9 Å². The molecule has 2 fully saturated rings. The van der Waals surface area contributed by atoms with Crippen molar-refractivity contribution < 1.29 is 13.9 Å². The molecule has 34 heavy (non-hydrogen) atoms. The standard InChI is InChI=1S/C25H22ClFN2O3S2/c26-14-3-8-18(32-11-19(30)28-16-6-4-15(27)5-7-16)17(10-14)21-20-12-1-2-13(9-12)22(20)33-24-23(21)34-25(31)29-24/h3-8,10,12-13,20-22H,1-2,9,11H2,(H,28,30)(H,29,31)/t12?,13?,20?,21-,22?/m1/s1. The Kier molecular flexibility index (Phi) is 5.70. The number of aromatic nitrogens is 1. The Balaban J connectivity index is 1.30. The number of carbonyl (C=O) groups excluding carboxylic acids is 1. The van der Waals surface area contributed by atoms with Crippen molar-refractivity contribution in [2.45, 2.75) is 35.5 Å². The van der Waals surface area contributed by atoms with Gasteiger partial charge in [0.05, 0.1) is 5.03 Å². The van der Waals surface area contributed by atoms with Gasteiger partial charge in [0.2, 0.25) is 0 Å². The second-order valence-electron chi connectivity index (χ2n) is 9.20. The largest absolute Gasteiger partial charge is 0.483 e. The predicted octanol–water partition coefficient (Wildman–Crippen LogP) is 5.90. The maximum Gasteiger partial charge on any atom is 0.305 e. The van der Waals surface area contributed by atoms with E-state index in [1.54, 1.807) is 6.07 Å². The highest BCUT2D eigenvalue weighted by Gasteiger charge is 2.55. The second-order valence-corrected chi connectivity index (χ2v) is 11.8.